The van der Waals surface area contributed by atoms with Crippen molar-refractivity contribution in [2.24, 2.45) is 0 Å². The van der Waals surface area contributed by atoms with E-state index < -0.39 is 11.7 Å². The van der Waals surface area contributed by atoms with Crippen molar-refractivity contribution in [1.82, 2.24) is 4.98 Å². The Morgan fingerprint density at radius 1 is 1.64 bits per heavy atom. The molecule has 0 amide bonds. The summed E-state index contributed by atoms with van der Waals surface area (Å²) in [7, 11) is 0. The summed E-state index contributed by atoms with van der Waals surface area (Å²) in [5.74, 6) is -0.132. The maximum atomic E-state index is 12.4. The summed E-state index contributed by atoms with van der Waals surface area (Å²) < 4.78 is 24.7. The molecule has 0 spiro atoms. The number of nitrogen functional groups attached to an aromatic ring is 1. The molecule has 1 aromatic rings. The van der Waals surface area contributed by atoms with Crippen LogP contribution in [-0.2, 0) is 0 Å². The Hall–Kier alpha value is -1.23. The zero-order valence-electron chi connectivity index (χ0n) is 7.22. The van der Waals surface area contributed by atoms with Crippen LogP contribution in [0.2, 0.25) is 0 Å². The third-order valence-corrected chi connectivity index (χ3v) is 1.93. The maximum absolute atomic E-state index is 12.4. The third kappa shape index (κ3) is 1.98. The van der Waals surface area contributed by atoms with Crippen LogP contribution in [0.1, 0.15) is 28.0 Å². The van der Waals surface area contributed by atoms with E-state index in [4.69, 9.17) is 17.3 Å². The quantitative estimate of drug-likeness (QED) is 0.778. The molecule has 0 radical (unpaired) electrons. The Kier molecular flexibility index (Phi) is 3.00. The number of aryl methyl sites for hydroxylation is 1. The number of nitrogens with zero attached hydrogens (tertiary/aromatic N) is 1. The number of pyridine rings is 1. The van der Waals surface area contributed by atoms with Crippen LogP contribution in [0.5, 0.6) is 0 Å². The monoisotopic (exact) mass is 220 g/mol. The number of alkyl halides is 2. The summed E-state index contributed by atoms with van der Waals surface area (Å²) in [5, 5.41) is -0.892. The predicted octanol–water partition coefficient (Wildman–Crippen LogP) is 2.29. The van der Waals surface area contributed by atoms with Gasteiger partial charge < -0.3 is 5.73 Å². The van der Waals surface area contributed by atoms with E-state index in [2.05, 4.69) is 4.98 Å². The minimum absolute atomic E-state index is 0.0965. The summed E-state index contributed by atoms with van der Waals surface area (Å²) in [6.07, 6.45) is -2.70. The zero-order valence-corrected chi connectivity index (χ0v) is 7.98. The van der Waals surface area contributed by atoms with Crippen molar-refractivity contribution in [3.63, 3.8) is 0 Å². The molecular formula is C8H7ClF2N2O. The van der Waals surface area contributed by atoms with Crippen molar-refractivity contribution in [3.05, 3.63) is 22.9 Å². The highest BCUT2D eigenvalue weighted by Crippen LogP contribution is 2.25. The Morgan fingerprint density at radius 3 is 2.64 bits per heavy atom. The van der Waals surface area contributed by atoms with Gasteiger partial charge in [0.15, 0.2) is 0 Å². The van der Waals surface area contributed by atoms with Gasteiger partial charge in [-0.25, -0.2) is 13.8 Å². The molecule has 0 aliphatic carbocycles. The SMILES string of the molecule is Cc1nc(N)c(C(=O)Cl)cc1C(F)F. The fourth-order valence-corrected chi connectivity index (χ4v) is 1.17. The summed E-state index contributed by atoms with van der Waals surface area (Å²) >= 11 is 5.13. The first-order chi connectivity index (χ1) is 6.43. The normalized spacial score (nSPS) is 10.6. The molecule has 0 aromatic carbocycles. The molecule has 1 heterocycles. The van der Waals surface area contributed by atoms with E-state index in [9.17, 15) is 13.6 Å². The van der Waals surface area contributed by atoms with Gasteiger partial charge in [-0.15, -0.1) is 0 Å². The van der Waals surface area contributed by atoms with E-state index >= 15 is 0 Å². The number of hydrogen-bond donors (Lipinski definition) is 1. The Labute approximate surface area is 83.9 Å². The number of halogens is 3. The predicted molar refractivity (Wildman–Crippen MR) is 48.5 cm³/mol. The number of nitrogens with two attached hydrogens (primary N) is 1. The van der Waals surface area contributed by atoms with Gasteiger partial charge in [-0.1, -0.05) is 0 Å². The van der Waals surface area contributed by atoms with E-state index in [-0.39, 0.29) is 22.6 Å². The maximum Gasteiger partial charge on any atom is 0.265 e. The van der Waals surface area contributed by atoms with E-state index in [1.165, 1.54) is 6.92 Å². The van der Waals surface area contributed by atoms with Crippen LogP contribution in [0.4, 0.5) is 14.6 Å². The van der Waals surface area contributed by atoms with Gasteiger partial charge in [-0.3, -0.25) is 4.79 Å². The molecule has 1 aromatic heterocycles. The van der Waals surface area contributed by atoms with Gasteiger partial charge in [0, 0.05) is 11.3 Å². The van der Waals surface area contributed by atoms with E-state index in [0.29, 0.717) is 0 Å². The van der Waals surface area contributed by atoms with Gasteiger partial charge in [-0.2, -0.15) is 0 Å². The summed E-state index contributed by atoms with van der Waals surface area (Å²) in [6, 6.07) is 0.970. The van der Waals surface area contributed by atoms with Crippen LogP contribution in [0.15, 0.2) is 6.07 Å². The van der Waals surface area contributed by atoms with Gasteiger partial charge in [0.1, 0.15) is 5.82 Å². The topological polar surface area (TPSA) is 56.0 Å². The molecular weight excluding hydrogens is 214 g/mol. The van der Waals surface area contributed by atoms with Crippen molar-refractivity contribution in [1.29, 1.82) is 0 Å². The molecule has 0 unspecified atom stereocenters. The van der Waals surface area contributed by atoms with Crippen LogP contribution in [0.25, 0.3) is 0 Å². The molecule has 2 N–H and O–H groups in total. The smallest absolute Gasteiger partial charge is 0.265 e. The molecule has 14 heavy (non-hydrogen) atoms. The lowest BCUT2D eigenvalue weighted by Crippen LogP contribution is -2.05. The van der Waals surface area contributed by atoms with Crippen LogP contribution < -0.4 is 5.73 Å². The van der Waals surface area contributed by atoms with Crippen LogP contribution >= 0.6 is 11.6 Å². The average Bonchev–Trinajstić information content (AvgIpc) is 2.02. The first-order valence-corrected chi connectivity index (χ1v) is 4.06. The molecule has 1 rings (SSSR count). The van der Waals surface area contributed by atoms with Gasteiger partial charge in [-0.05, 0) is 24.6 Å². The number of carbonyl (C=O) groups is 1. The highest BCUT2D eigenvalue weighted by atomic mass is 35.5. The van der Waals surface area contributed by atoms with Crippen LogP contribution in [-0.4, -0.2) is 10.2 Å². The van der Waals surface area contributed by atoms with E-state index in [1.807, 2.05) is 0 Å². The first-order valence-electron chi connectivity index (χ1n) is 3.68. The van der Waals surface area contributed by atoms with Gasteiger partial charge in [0.2, 0.25) is 0 Å². The lowest BCUT2D eigenvalue weighted by Gasteiger charge is -2.07. The fourth-order valence-electron chi connectivity index (χ4n) is 1.02. The number of rotatable bonds is 2. The molecule has 0 bridgehead atoms. The Bertz CT molecular complexity index is 382. The second kappa shape index (κ2) is 3.88. The van der Waals surface area contributed by atoms with Crippen molar-refractivity contribution in [2.45, 2.75) is 13.3 Å². The zero-order chi connectivity index (χ0) is 10.9. The summed E-state index contributed by atoms with van der Waals surface area (Å²) in [4.78, 5) is 14.4. The van der Waals surface area contributed by atoms with Gasteiger partial charge in [0.05, 0.1) is 5.56 Å². The molecule has 0 aliphatic heterocycles. The fraction of sp³-hybridized carbons (Fsp3) is 0.250. The van der Waals surface area contributed by atoms with Crippen LogP contribution in [0.3, 0.4) is 0 Å². The molecule has 0 saturated carbocycles. The second-order valence-corrected chi connectivity index (χ2v) is 3.01. The molecule has 0 fully saturated rings. The number of aromatic nitrogens is 1. The van der Waals surface area contributed by atoms with Gasteiger partial charge >= 0.3 is 0 Å². The van der Waals surface area contributed by atoms with Gasteiger partial charge in [0.25, 0.3) is 11.7 Å². The van der Waals surface area contributed by atoms with E-state index in [1.54, 1.807) is 0 Å². The molecule has 76 valence electrons. The van der Waals surface area contributed by atoms with Crippen molar-refractivity contribution >= 4 is 22.7 Å². The van der Waals surface area contributed by atoms with E-state index in [0.717, 1.165) is 6.07 Å². The molecule has 3 nitrogen and oxygen atoms in total. The summed E-state index contributed by atoms with van der Waals surface area (Å²) in [5.41, 5.74) is 4.91. The number of hydrogen-bond acceptors (Lipinski definition) is 3. The third-order valence-electron chi connectivity index (χ3n) is 1.73. The summed E-state index contributed by atoms with van der Waals surface area (Å²) in [6.45, 7) is 1.39. The first kappa shape index (κ1) is 10.8. The molecule has 0 atom stereocenters. The highest BCUT2D eigenvalue weighted by molar-refractivity contribution is 6.68. The molecule has 6 heteroatoms. The lowest BCUT2D eigenvalue weighted by atomic mass is 10.1. The minimum Gasteiger partial charge on any atom is -0.383 e. The second-order valence-electron chi connectivity index (χ2n) is 2.67. The van der Waals surface area contributed by atoms with Crippen molar-refractivity contribution in [2.75, 3.05) is 5.73 Å². The minimum atomic E-state index is -2.70. The van der Waals surface area contributed by atoms with Crippen molar-refractivity contribution in [3.8, 4) is 0 Å². The number of carbonyl (C=O) groups excluding carboxylic acids is 1. The van der Waals surface area contributed by atoms with Crippen LogP contribution in [0, 0.1) is 6.92 Å². The number of anilines is 1. The molecule has 0 saturated heterocycles. The average molecular weight is 221 g/mol. The Balaban J connectivity index is 3.34. The largest absolute Gasteiger partial charge is 0.383 e. The molecule has 0 aliphatic rings. The Morgan fingerprint density at radius 2 is 2.21 bits per heavy atom. The van der Waals surface area contributed by atoms with Crippen molar-refractivity contribution < 1.29 is 13.6 Å². The standard InChI is InChI=1S/C8H7ClF2N2O/c1-3-4(7(10)11)2-5(6(9)14)8(12)13-3/h2,7H,1H3,(H2,12,13). The lowest BCUT2D eigenvalue weighted by molar-refractivity contribution is 0.108. The highest BCUT2D eigenvalue weighted by Gasteiger charge is 2.17.